The molecule has 3 nitrogen and oxygen atoms in total. The van der Waals surface area contributed by atoms with Crippen LogP contribution in [0, 0.1) is 0 Å². The summed E-state index contributed by atoms with van der Waals surface area (Å²) in [5, 5.41) is 3.63. The number of hydrogen-bond donors (Lipinski definition) is 2. The minimum Gasteiger partial charge on any atom is -0.323 e. The number of rotatable bonds is 5. The Labute approximate surface area is 125 Å². The largest absolute Gasteiger partial charge is 0.323 e. The van der Waals surface area contributed by atoms with Crippen molar-refractivity contribution in [3.63, 3.8) is 0 Å². The molecule has 1 rings (SSSR count). The Hall–Kier alpha value is -0.130. The molecule has 0 radical (unpaired) electrons. The average Bonchev–Trinajstić information content (AvgIpc) is 2.32. The van der Waals surface area contributed by atoms with E-state index in [1.807, 2.05) is 6.26 Å². The zero-order valence-corrected chi connectivity index (χ0v) is 12.8. The number of benzene rings is 1. The molecule has 0 fully saturated rings. The quantitative estimate of drug-likeness (QED) is 0.811. The van der Waals surface area contributed by atoms with Gasteiger partial charge in [0, 0.05) is 0 Å². The smallest absolute Gasteiger partial charge is 0.241 e. The summed E-state index contributed by atoms with van der Waals surface area (Å²) in [6, 6.07) is 2.42. The number of carbonyl (C=O) groups is 1. The number of amides is 1. The normalized spacial score (nSPS) is 12.3. The maximum absolute atomic E-state index is 11.8. The fourth-order valence-electron chi connectivity index (χ4n) is 1.22. The lowest BCUT2D eigenvalue weighted by Gasteiger charge is -2.13. The van der Waals surface area contributed by atoms with Gasteiger partial charge in [-0.05, 0) is 30.6 Å². The fourth-order valence-corrected chi connectivity index (χ4v) is 2.30. The van der Waals surface area contributed by atoms with Crippen molar-refractivity contribution >= 4 is 58.2 Å². The molecule has 100 valence electrons. The van der Waals surface area contributed by atoms with E-state index in [-0.39, 0.29) is 5.91 Å². The number of anilines is 1. The van der Waals surface area contributed by atoms with Crippen molar-refractivity contribution in [1.82, 2.24) is 0 Å². The second-order valence-electron chi connectivity index (χ2n) is 3.62. The molecule has 0 aliphatic rings. The Bertz CT molecular complexity index is 443. The van der Waals surface area contributed by atoms with Crippen LogP contribution >= 0.6 is 46.6 Å². The molecule has 0 aromatic heterocycles. The summed E-state index contributed by atoms with van der Waals surface area (Å²) in [4.78, 5) is 11.8. The third kappa shape index (κ3) is 4.52. The van der Waals surface area contributed by atoms with Crippen LogP contribution in [0.1, 0.15) is 6.42 Å². The van der Waals surface area contributed by atoms with Gasteiger partial charge in [-0.15, -0.1) is 0 Å². The maximum Gasteiger partial charge on any atom is 0.241 e. The van der Waals surface area contributed by atoms with Gasteiger partial charge in [0.1, 0.15) is 0 Å². The molecule has 0 bridgehead atoms. The van der Waals surface area contributed by atoms with Crippen molar-refractivity contribution in [3.8, 4) is 0 Å². The van der Waals surface area contributed by atoms with Gasteiger partial charge in [-0.1, -0.05) is 34.8 Å². The van der Waals surface area contributed by atoms with Crippen molar-refractivity contribution in [2.45, 2.75) is 12.5 Å². The highest BCUT2D eigenvalue weighted by atomic mass is 35.5. The van der Waals surface area contributed by atoms with E-state index in [1.165, 1.54) is 12.1 Å². The summed E-state index contributed by atoms with van der Waals surface area (Å²) in [5.74, 6) is 0.535. The Kier molecular flexibility index (Phi) is 6.60. The maximum atomic E-state index is 11.8. The van der Waals surface area contributed by atoms with E-state index >= 15 is 0 Å². The summed E-state index contributed by atoms with van der Waals surface area (Å²) < 4.78 is 0. The van der Waals surface area contributed by atoms with Gasteiger partial charge < -0.3 is 11.1 Å². The molecule has 1 aromatic rings. The van der Waals surface area contributed by atoms with Gasteiger partial charge in [0.05, 0.1) is 26.8 Å². The van der Waals surface area contributed by atoms with E-state index in [9.17, 15) is 4.79 Å². The Morgan fingerprint density at radius 2 is 1.94 bits per heavy atom. The van der Waals surface area contributed by atoms with E-state index in [2.05, 4.69) is 5.32 Å². The zero-order chi connectivity index (χ0) is 13.7. The van der Waals surface area contributed by atoms with Crippen molar-refractivity contribution in [2.24, 2.45) is 5.73 Å². The first kappa shape index (κ1) is 15.9. The van der Waals surface area contributed by atoms with Crippen LogP contribution in [-0.4, -0.2) is 24.0 Å². The predicted molar refractivity (Wildman–Crippen MR) is 81.1 cm³/mol. The molecule has 0 aliphatic carbocycles. The molecule has 1 amide bonds. The van der Waals surface area contributed by atoms with Gasteiger partial charge in [-0.3, -0.25) is 4.79 Å². The van der Waals surface area contributed by atoms with Gasteiger partial charge in [0.15, 0.2) is 0 Å². The SMILES string of the molecule is CSCC[C@@H](N)C(=O)Nc1cc(Cl)c(Cl)cc1Cl. The van der Waals surface area contributed by atoms with E-state index < -0.39 is 6.04 Å². The lowest BCUT2D eigenvalue weighted by molar-refractivity contribution is -0.117. The van der Waals surface area contributed by atoms with Crippen LogP contribution in [0.3, 0.4) is 0 Å². The van der Waals surface area contributed by atoms with Crippen LogP contribution in [0.15, 0.2) is 12.1 Å². The topological polar surface area (TPSA) is 55.1 Å². The molecular formula is C11H13Cl3N2OS. The lowest BCUT2D eigenvalue weighted by atomic mass is 10.2. The highest BCUT2D eigenvalue weighted by Crippen LogP contribution is 2.32. The van der Waals surface area contributed by atoms with E-state index in [4.69, 9.17) is 40.5 Å². The van der Waals surface area contributed by atoms with Crippen molar-refractivity contribution < 1.29 is 4.79 Å². The summed E-state index contributed by atoms with van der Waals surface area (Å²) >= 11 is 19.2. The number of nitrogens with two attached hydrogens (primary N) is 1. The zero-order valence-electron chi connectivity index (χ0n) is 9.67. The van der Waals surface area contributed by atoms with Crippen molar-refractivity contribution in [1.29, 1.82) is 0 Å². The minimum absolute atomic E-state index is 0.288. The van der Waals surface area contributed by atoms with Gasteiger partial charge in [-0.2, -0.15) is 11.8 Å². The first-order valence-electron chi connectivity index (χ1n) is 5.15. The van der Waals surface area contributed by atoms with E-state index in [0.29, 0.717) is 27.2 Å². The first-order valence-corrected chi connectivity index (χ1v) is 7.68. The number of hydrogen-bond acceptors (Lipinski definition) is 3. The third-order valence-corrected chi connectivity index (χ3v) is 3.92. The summed E-state index contributed by atoms with van der Waals surface area (Å²) in [5.41, 5.74) is 6.15. The summed E-state index contributed by atoms with van der Waals surface area (Å²) in [6.45, 7) is 0. The summed E-state index contributed by atoms with van der Waals surface area (Å²) in [6.07, 6.45) is 2.56. The van der Waals surface area contributed by atoms with Crippen molar-refractivity contribution in [2.75, 3.05) is 17.3 Å². The molecule has 1 atom stereocenters. The van der Waals surface area contributed by atoms with Crippen LogP contribution < -0.4 is 11.1 Å². The number of carbonyl (C=O) groups excluding carboxylic acids is 1. The molecule has 18 heavy (non-hydrogen) atoms. The minimum atomic E-state index is -0.567. The summed E-state index contributed by atoms with van der Waals surface area (Å²) in [7, 11) is 0. The fraction of sp³-hybridized carbons (Fsp3) is 0.364. The number of nitrogens with one attached hydrogen (secondary N) is 1. The molecule has 0 spiro atoms. The van der Waals surface area contributed by atoms with Crippen LogP contribution in [0.5, 0.6) is 0 Å². The molecule has 0 unspecified atom stereocenters. The molecule has 0 heterocycles. The Morgan fingerprint density at radius 1 is 1.33 bits per heavy atom. The predicted octanol–water partition coefficient (Wildman–Crippen LogP) is 3.67. The second-order valence-corrected chi connectivity index (χ2v) is 5.83. The lowest BCUT2D eigenvalue weighted by Crippen LogP contribution is -2.36. The van der Waals surface area contributed by atoms with Crippen molar-refractivity contribution in [3.05, 3.63) is 27.2 Å². The highest BCUT2D eigenvalue weighted by molar-refractivity contribution is 7.98. The van der Waals surface area contributed by atoms with Gasteiger partial charge >= 0.3 is 0 Å². The first-order chi connectivity index (χ1) is 8.45. The van der Waals surface area contributed by atoms with Crippen LogP contribution in [-0.2, 0) is 4.79 Å². The van der Waals surface area contributed by atoms with E-state index in [0.717, 1.165) is 5.75 Å². The van der Waals surface area contributed by atoms with Gasteiger partial charge in [0.25, 0.3) is 0 Å². The van der Waals surface area contributed by atoms with Gasteiger partial charge in [-0.25, -0.2) is 0 Å². The third-order valence-electron chi connectivity index (χ3n) is 2.24. The van der Waals surface area contributed by atoms with Crippen LogP contribution in [0.25, 0.3) is 0 Å². The van der Waals surface area contributed by atoms with Crippen LogP contribution in [0.2, 0.25) is 15.1 Å². The van der Waals surface area contributed by atoms with Crippen LogP contribution in [0.4, 0.5) is 5.69 Å². The molecule has 0 aliphatic heterocycles. The van der Waals surface area contributed by atoms with Gasteiger partial charge in [0.2, 0.25) is 5.91 Å². The second kappa shape index (κ2) is 7.46. The Morgan fingerprint density at radius 3 is 2.56 bits per heavy atom. The standard InChI is InChI=1S/C11H13Cl3N2OS/c1-18-3-2-9(15)11(17)16-10-5-7(13)6(12)4-8(10)14/h4-5,9H,2-3,15H2,1H3,(H,16,17)/t9-/m1/s1. The molecule has 1 aromatic carbocycles. The monoisotopic (exact) mass is 326 g/mol. The molecule has 0 saturated heterocycles. The molecule has 3 N–H and O–H groups in total. The highest BCUT2D eigenvalue weighted by Gasteiger charge is 2.15. The molecule has 0 saturated carbocycles. The van der Waals surface area contributed by atoms with E-state index in [1.54, 1.807) is 11.8 Å². The number of thioether (sulfide) groups is 1. The number of halogens is 3. The molecular weight excluding hydrogens is 315 g/mol. The Balaban J connectivity index is 2.72. The average molecular weight is 328 g/mol. The molecule has 7 heteroatoms.